The second-order valence-corrected chi connectivity index (χ2v) is 9.35. The summed E-state index contributed by atoms with van der Waals surface area (Å²) < 4.78 is 41.1. The number of rotatable bonds is 13. The van der Waals surface area contributed by atoms with Gasteiger partial charge in [0.1, 0.15) is 16.6 Å². The molecular weight excluding hydrogens is 521 g/mol. The molecule has 0 unspecified atom stereocenters. The summed E-state index contributed by atoms with van der Waals surface area (Å²) in [6.45, 7) is 0.483. The predicted molar refractivity (Wildman–Crippen MR) is 135 cm³/mol. The van der Waals surface area contributed by atoms with Crippen molar-refractivity contribution in [2.24, 2.45) is 0 Å². The Hall–Kier alpha value is -4.07. The lowest BCUT2D eigenvalue weighted by molar-refractivity contribution is -0.274. The number of carbonyl (C=O) groups is 1. The Morgan fingerprint density at radius 3 is 2.66 bits per heavy atom. The number of benzene rings is 1. The van der Waals surface area contributed by atoms with Gasteiger partial charge in [-0.05, 0) is 55.5 Å². The molecule has 0 atom stereocenters. The third-order valence-electron chi connectivity index (χ3n) is 5.26. The van der Waals surface area contributed by atoms with Crippen LogP contribution in [0.3, 0.4) is 0 Å². The van der Waals surface area contributed by atoms with Crippen LogP contribution < -0.4 is 15.4 Å². The zero-order valence-corrected chi connectivity index (χ0v) is 21.0. The number of alkyl halides is 3. The Morgan fingerprint density at radius 2 is 1.89 bits per heavy atom. The molecule has 14 heteroatoms. The standard InChI is InChI=1S/C24H25F3N8O2S/c25-24(26,27)37-19-6-3-4-16(12-19)10-11-29-20-9-8-17(32-33-20)5-1-2-7-22-34-35-23(38-22)31-21(36)13-18-14-28-15-30-18/h3-4,6,8-9,12,14-15H,1-2,5,7,10-11,13H2,(H,28,30)(H,29,33)(H,31,35,36). The Labute approximate surface area is 220 Å². The number of carbonyl (C=O) groups excluding carboxylic acids is 1. The molecule has 0 radical (unpaired) electrons. The van der Waals surface area contributed by atoms with Crippen molar-refractivity contribution in [1.29, 1.82) is 0 Å². The largest absolute Gasteiger partial charge is 0.573 e. The molecule has 0 saturated heterocycles. The van der Waals surface area contributed by atoms with Crippen molar-refractivity contribution < 1.29 is 22.7 Å². The summed E-state index contributed by atoms with van der Waals surface area (Å²) in [5.74, 6) is 0.171. The van der Waals surface area contributed by atoms with Crippen molar-refractivity contribution in [3.05, 3.63) is 70.9 Å². The summed E-state index contributed by atoms with van der Waals surface area (Å²) in [7, 11) is 0. The van der Waals surface area contributed by atoms with Gasteiger partial charge in [0.05, 0.1) is 18.4 Å². The number of H-pyrrole nitrogens is 1. The number of aromatic amines is 1. The van der Waals surface area contributed by atoms with E-state index in [1.54, 1.807) is 12.3 Å². The normalized spacial score (nSPS) is 11.3. The van der Waals surface area contributed by atoms with Crippen LogP contribution in [-0.4, -0.2) is 49.2 Å². The van der Waals surface area contributed by atoms with Crippen LogP contribution in [0.1, 0.15) is 34.8 Å². The summed E-state index contributed by atoms with van der Waals surface area (Å²) in [4.78, 5) is 18.8. The minimum absolute atomic E-state index is 0.182. The molecule has 0 aliphatic heterocycles. The maximum Gasteiger partial charge on any atom is 0.573 e. The van der Waals surface area contributed by atoms with Crippen LogP contribution in [0.25, 0.3) is 0 Å². The van der Waals surface area contributed by atoms with Crippen LogP contribution in [0.5, 0.6) is 5.75 Å². The van der Waals surface area contributed by atoms with Crippen LogP contribution in [0.4, 0.5) is 24.1 Å². The lowest BCUT2D eigenvalue weighted by Crippen LogP contribution is -2.17. The highest BCUT2D eigenvalue weighted by molar-refractivity contribution is 7.15. The lowest BCUT2D eigenvalue weighted by Gasteiger charge is -2.10. The monoisotopic (exact) mass is 546 g/mol. The molecule has 38 heavy (non-hydrogen) atoms. The molecule has 4 aromatic rings. The molecule has 4 rings (SSSR count). The summed E-state index contributed by atoms with van der Waals surface area (Å²) in [5, 5.41) is 23.7. The number of amides is 1. The first-order chi connectivity index (χ1) is 18.3. The molecule has 0 saturated carbocycles. The molecule has 10 nitrogen and oxygen atoms in total. The molecule has 3 heterocycles. The predicted octanol–water partition coefficient (Wildman–Crippen LogP) is 4.35. The van der Waals surface area contributed by atoms with Crippen LogP contribution in [0.2, 0.25) is 0 Å². The molecule has 0 spiro atoms. The molecule has 0 bridgehead atoms. The highest BCUT2D eigenvalue weighted by Crippen LogP contribution is 2.23. The zero-order chi connectivity index (χ0) is 26.8. The van der Waals surface area contributed by atoms with Gasteiger partial charge in [0, 0.05) is 24.9 Å². The van der Waals surface area contributed by atoms with Crippen molar-refractivity contribution in [1.82, 2.24) is 30.4 Å². The Kier molecular flexibility index (Phi) is 9.19. The van der Waals surface area contributed by atoms with E-state index in [-0.39, 0.29) is 18.1 Å². The average Bonchev–Trinajstić information content (AvgIpc) is 3.54. The molecule has 0 fully saturated rings. The molecule has 1 aromatic carbocycles. The van der Waals surface area contributed by atoms with E-state index in [9.17, 15) is 18.0 Å². The molecule has 1 amide bonds. The fourth-order valence-electron chi connectivity index (χ4n) is 3.53. The Morgan fingerprint density at radius 1 is 1.03 bits per heavy atom. The number of anilines is 2. The van der Waals surface area contributed by atoms with Gasteiger partial charge in [0.15, 0.2) is 0 Å². The van der Waals surface area contributed by atoms with E-state index < -0.39 is 6.36 Å². The first-order valence-electron chi connectivity index (χ1n) is 11.8. The van der Waals surface area contributed by atoms with Crippen molar-refractivity contribution >= 4 is 28.2 Å². The fraction of sp³-hybridized carbons (Fsp3) is 0.333. The van der Waals surface area contributed by atoms with E-state index in [2.05, 4.69) is 45.7 Å². The van der Waals surface area contributed by atoms with Gasteiger partial charge < -0.3 is 20.4 Å². The quantitative estimate of drug-likeness (QED) is 0.211. The number of imidazole rings is 1. The SMILES string of the molecule is O=C(Cc1cnc[nH]1)Nc1nnc(CCCCc2ccc(NCCc3cccc(OC(F)(F)F)c3)nn2)s1. The van der Waals surface area contributed by atoms with Gasteiger partial charge in [-0.3, -0.25) is 4.79 Å². The molecule has 3 aromatic heterocycles. The highest BCUT2D eigenvalue weighted by Gasteiger charge is 2.31. The second-order valence-electron chi connectivity index (χ2n) is 8.29. The van der Waals surface area contributed by atoms with E-state index in [0.29, 0.717) is 29.5 Å². The third kappa shape index (κ3) is 9.10. The van der Waals surface area contributed by atoms with Crippen LogP contribution in [0, 0.1) is 0 Å². The number of halogens is 3. The van der Waals surface area contributed by atoms with E-state index in [1.165, 1.54) is 35.9 Å². The minimum Gasteiger partial charge on any atom is -0.406 e. The maximum absolute atomic E-state index is 12.4. The summed E-state index contributed by atoms with van der Waals surface area (Å²) in [6, 6.07) is 9.62. The molecule has 0 aliphatic rings. The topological polar surface area (TPSA) is 131 Å². The van der Waals surface area contributed by atoms with E-state index in [4.69, 9.17) is 0 Å². The van der Waals surface area contributed by atoms with Crippen LogP contribution >= 0.6 is 11.3 Å². The van der Waals surface area contributed by atoms with Crippen molar-refractivity contribution in [2.75, 3.05) is 17.2 Å². The molecule has 200 valence electrons. The number of hydrogen-bond acceptors (Lipinski definition) is 9. The van der Waals surface area contributed by atoms with Gasteiger partial charge in [-0.2, -0.15) is 5.10 Å². The number of ether oxygens (including phenoxy) is 1. The number of unbranched alkanes of at least 4 members (excludes halogenated alkanes) is 1. The van der Waals surface area contributed by atoms with Gasteiger partial charge in [0.2, 0.25) is 11.0 Å². The Balaban J connectivity index is 1.12. The van der Waals surface area contributed by atoms with Crippen LogP contribution in [0.15, 0.2) is 48.9 Å². The van der Waals surface area contributed by atoms with E-state index in [0.717, 1.165) is 42.1 Å². The number of hydrogen-bond donors (Lipinski definition) is 3. The molecule has 3 N–H and O–H groups in total. The number of nitrogens with one attached hydrogen (secondary N) is 3. The van der Waals surface area contributed by atoms with Crippen molar-refractivity contribution in [3.8, 4) is 5.75 Å². The first-order valence-corrected chi connectivity index (χ1v) is 12.6. The van der Waals surface area contributed by atoms with Crippen LogP contribution in [-0.2, 0) is 30.5 Å². The van der Waals surface area contributed by atoms with Gasteiger partial charge in [-0.15, -0.1) is 28.5 Å². The summed E-state index contributed by atoms with van der Waals surface area (Å²) >= 11 is 1.36. The smallest absolute Gasteiger partial charge is 0.406 e. The zero-order valence-electron chi connectivity index (χ0n) is 20.2. The lowest BCUT2D eigenvalue weighted by atomic mass is 10.1. The summed E-state index contributed by atoms with van der Waals surface area (Å²) in [5.41, 5.74) is 2.29. The van der Waals surface area contributed by atoms with Gasteiger partial charge in [0.25, 0.3) is 0 Å². The Bertz CT molecular complexity index is 1300. The van der Waals surface area contributed by atoms with E-state index >= 15 is 0 Å². The van der Waals surface area contributed by atoms with Gasteiger partial charge in [-0.1, -0.05) is 23.5 Å². The number of aromatic nitrogens is 6. The third-order valence-corrected chi connectivity index (χ3v) is 6.16. The van der Waals surface area contributed by atoms with E-state index in [1.807, 2.05) is 12.1 Å². The van der Waals surface area contributed by atoms with Gasteiger partial charge >= 0.3 is 6.36 Å². The van der Waals surface area contributed by atoms with Gasteiger partial charge in [-0.25, -0.2) is 4.98 Å². The molecular formula is C24H25F3N8O2S. The maximum atomic E-state index is 12.4. The minimum atomic E-state index is -4.71. The van der Waals surface area contributed by atoms with Crippen molar-refractivity contribution in [3.63, 3.8) is 0 Å². The highest BCUT2D eigenvalue weighted by atomic mass is 32.1. The fourth-order valence-corrected chi connectivity index (χ4v) is 4.32. The number of nitrogens with zero attached hydrogens (tertiary/aromatic N) is 5. The summed E-state index contributed by atoms with van der Waals surface area (Å²) in [6.07, 6.45) is 2.38. The van der Waals surface area contributed by atoms with Crippen molar-refractivity contribution in [2.45, 2.75) is 44.9 Å². The second kappa shape index (κ2) is 12.9. The molecule has 0 aliphatic carbocycles. The number of aryl methyl sites for hydroxylation is 2. The first kappa shape index (κ1) is 27.0. The average molecular weight is 547 g/mol.